The van der Waals surface area contributed by atoms with E-state index in [4.69, 9.17) is 4.43 Å². The summed E-state index contributed by atoms with van der Waals surface area (Å²) in [5.41, 5.74) is 1.23. The number of ketones is 2. The largest absolute Gasteiger partial charge is 0.417 e. The molecule has 3 nitrogen and oxygen atoms in total. The van der Waals surface area contributed by atoms with Crippen molar-refractivity contribution in [3.63, 3.8) is 0 Å². The van der Waals surface area contributed by atoms with E-state index in [0.29, 0.717) is 23.5 Å². The molecule has 2 rings (SSSR count). The molecule has 0 fully saturated rings. The van der Waals surface area contributed by atoms with Gasteiger partial charge in [-0.25, -0.2) is 0 Å². The summed E-state index contributed by atoms with van der Waals surface area (Å²) in [6, 6.07) is 7.23. The molecule has 0 spiro atoms. The van der Waals surface area contributed by atoms with E-state index < -0.39 is 14.2 Å². The standard InChI is InChI=1S/C27H42O3Si/c1-7-21(16-13-14-20-30-31(5,6)27(2,3)4)15-9-8-10-19-24-25(28)22-17-11-12-18-23(22)26(24)29/h7,11-12,17-18,21,24H,1,8-10,13-16,19-20H2,2-6H3/t21-/m0/s1. The molecule has 31 heavy (non-hydrogen) atoms. The molecular weight excluding hydrogens is 400 g/mol. The molecule has 1 aliphatic rings. The van der Waals surface area contributed by atoms with Gasteiger partial charge in [0, 0.05) is 17.7 Å². The summed E-state index contributed by atoms with van der Waals surface area (Å²) in [6.45, 7) is 16.4. The lowest BCUT2D eigenvalue weighted by molar-refractivity contribution is 0.0829. The number of rotatable bonds is 13. The number of Topliss-reactive ketones (excluding diaryl/α,β-unsaturated/α-hetero) is 2. The Morgan fingerprint density at radius 2 is 1.52 bits per heavy atom. The van der Waals surface area contributed by atoms with E-state index in [0.717, 1.165) is 38.7 Å². The van der Waals surface area contributed by atoms with Crippen LogP contribution >= 0.6 is 0 Å². The highest BCUT2D eigenvalue weighted by Crippen LogP contribution is 2.36. The first-order chi connectivity index (χ1) is 14.6. The highest BCUT2D eigenvalue weighted by atomic mass is 28.4. The number of hydrogen-bond donors (Lipinski definition) is 0. The van der Waals surface area contributed by atoms with E-state index in [1.807, 2.05) is 12.1 Å². The van der Waals surface area contributed by atoms with Crippen LogP contribution in [0.2, 0.25) is 18.1 Å². The second-order valence-corrected chi connectivity index (χ2v) is 15.4. The van der Waals surface area contributed by atoms with Gasteiger partial charge in [-0.3, -0.25) is 9.59 Å². The van der Waals surface area contributed by atoms with Crippen molar-refractivity contribution in [3.05, 3.63) is 48.0 Å². The monoisotopic (exact) mass is 442 g/mol. The number of carbonyl (C=O) groups is 2. The molecule has 0 unspecified atom stereocenters. The van der Waals surface area contributed by atoms with Crippen molar-refractivity contribution >= 4 is 19.9 Å². The second-order valence-electron chi connectivity index (χ2n) is 10.6. The molecule has 0 saturated heterocycles. The van der Waals surface area contributed by atoms with Gasteiger partial charge in [-0.05, 0) is 49.7 Å². The van der Waals surface area contributed by atoms with Crippen molar-refractivity contribution in [2.45, 2.75) is 90.3 Å². The number of carbonyl (C=O) groups excluding carboxylic acids is 2. The minimum absolute atomic E-state index is 0.0180. The first kappa shape index (κ1) is 25.7. The van der Waals surface area contributed by atoms with E-state index in [2.05, 4.69) is 46.5 Å². The minimum atomic E-state index is -1.63. The number of benzene rings is 1. The predicted octanol–water partition coefficient (Wildman–Crippen LogP) is 7.63. The van der Waals surface area contributed by atoms with Crippen LogP contribution in [0.15, 0.2) is 36.9 Å². The SMILES string of the molecule is C=C[C@@H](CCCCCC1C(=O)c2ccccc2C1=O)CCCCO[Si](C)(C)C(C)(C)C. The molecule has 172 valence electrons. The van der Waals surface area contributed by atoms with Crippen LogP contribution in [0.3, 0.4) is 0 Å². The summed E-state index contributed by atoms with van der Waals surface area (Å²) >= 11 is 0. The summed E-state index contributed by atoms with van der Waals surface area (Å²) in [5, 5.41) is 0.271. The van der Waals surface area contributed by atoms with Crippen LogP contribution in [0.1, 0.15) is 92.9 Å². The smallest absolute Gasteiger partial charge is 0.191 e. The zero-order valence-electron chi connectivity index (χ0n) is 20.3. The van der Waals surface area contributed by atoms with Crippen molar-refractivity contribution in [1.29, 1.82) is 0 Å². The lowest BCUT2D eigenvalue weighted by Crippen LogP contribution is -2.40. The van der Waals surface area contributed by atoms with Gasteiger partial charge < -0.3 is 4.43 Å². The first-order valence-electron chi connectivity index (χ1n) is 12.0. The molecule has 1 atom stereocenters. The van der Waals surface area contributed by atoms with Crippen LogP contribution in [-0.2, 0) is 4.43 Å². The van der Waals surface area contributed by atoms with E-state index in [1.165, 1.54) is 12.8 Å². The van der Waals surface area contributed by atoms with Gasteiger partial charge in [0.15, 0.2) is 19.9 Å². The van der Waals surface area contributed by atoms with Crippen molar-refractivity contribution in [3.8, 4) is 0 Å². The molecule has 0 amide bonds. The van der Waals surface area contributed by atoms with Crippen LogP contribution < -0.4 is 0 Å². The van der Waals surface area contributed by atoms with E-state index >= 15 is 0 Å². The third-order valence-electron chi connectivity index (χ3n) is 7.23. The average molecular weight is 443 g/mol. The van der Waals surface area contributed by atoms with Crippen LogP contribution in [0.25, 0.3) is 0 Å². The average Bonchev–Trinajstić information content (AvgIpc) is 2.95. The zero-order chi connectivity index (χ0) is 23.1. The lowest BCUT2D eigenvalue weighted by atomic mass is 9.93. The predicted molar refractivity (Wildman–Crippen MR) is 132 cm³/mol. The Labute approximate surface area is 190 Å². The fourth-order valence-electron chi connectivity index (χ4n) is 4.03. The van der Waals surface area contributed by atoms with Gasteiger partial charge in [-0.1, -0.05) is 76.8 Å². The fourth-order valence-corrected chi connectivity index (χ4v) is 5.12. The number of fused-ring (bicyclic) bond motifs is 1. The molecule has 0 aliphatic heterocycles. The molecule has 1 aromatic rings. The van der Waals surface area contributed by atoms with Crippen molar-refractivity contribution in [1.82, 2.24) is 0 Å². The summed E-state index contributed by atoms with van der Waals surface area (Å²) in [6.07, 6.45) is 10.5. The van der Waals surface area contributed by atoms with Crippen LogP contribution in [0.4, 0.5) is 0 Å². The first-order valence-corrected chi connectivity index (χ1v) is 14.9. The summed E-state index contributed by atoms with van der Waals surface area (Å²) < 4.78 is 6.27. The van der Waals surface area contributed by atoms with Gasteiger partial charge in [-0.15, -0.1) is 6.58 Å². The van der Waals surface area contributed by atoms with Crippen molar-refractivity contribution in [2.75, 3.05) is 6.61 Å². The zero-order valence-corrected chi connectivity index (χ0v) is 21.3. The Morgan fingerprint density at radius 1 is 0.968 bits per heavy atom. The maximum atomic E-state index is 12.5. The maximum Gasteiger partial charge on any atom is 0.191 e. The highest BCUT2D eigenvalue weighted by Gasteiger charge is 2.38. The number of unbranched alkanes of at least 4 members (excludes halogenated alkanes) is 3. The van der Waals surface area contributed by atoms with Gasteiger partial charge in [0.25, 0.3) is 0 Å². The van der Waals surface area contributed by atoms with Crippen LogP contribution in [-0.4, -0.2) is 26.5 Å². The van der Waals surface area contributed by atoms with Gasteiger partial charge in [-0.2, -0.15) is 0 Å². The Bertz CT molecular complexity index is 725. The van der Waals surface area contributed by atoms with Crippen molar-refractivity contribution < 1.29 is 14.0 Å². The molecule has 0 heterocycles. The van der Waals surface area contributed by atoms with Gasteiger partial charge in [0.2, 0.25) is 0 Å². The molecule has 1 aromatic carbocycles. The third-order valence-corrected chi connectivity index (χ3v) is 11.8. The second kappa shape index (κ2) is 11.4. The molecule has 0 radical (unpaired) electrons. The molecule has 0 bridgehead atoms. The Kier molecular flexibility index (Phi) is 9.44. The highest BCUT2D eigenvalue weighted by molar-refractivity contribution is 6.74. The Hall–Kier alpha value is -1.52. The van der Waals surface area contributed by atoms with E-state index in [1.54, 1.807) is 12.1 Å². The Morgan fingerprint density at radius 3 is 2.03 bits per heavy atom. The quantitative estimate of drug-likeness (QED) is 0.136. The van der Waals surface area contributed by atoms with E-state index in [9.17, 15) is 9.59 Å². The van der Waals surface area contributed by atoms with Gasteiger partial charge in [0.1, 0.15) is 0 Å². The molecule has 0 aromatic heterocycles. The summed E-state index contributed by atoms with van der Waals surface area (Å²) in [7, 11) is -1.63. The molecule has 1 aliphatic carbocycles. The molecule has 0 saturated carbocycles. The topological polar surface area (TPSA) is 43.4 Å². The van der Waals surface area contributed by atoms with Crippen LogP contribution in [0, 0.1) is 11.8 Å². The van der Waals surface area contributed by atoms with Gasteiger partial charge in [0.05, 0.1) is 5.92 Å². The molecular formula is C27H42O3Si. The third kappa shape index (κ3) is 6.98. The molecule has 4 heteroatoms. The number of allylic oxidation sites excluding steroid dienone is 1. The summed E-state index contributed by atoms with van der Waals surface area (Å²) in [4.78, 5) is 24.9. The van der Waals surface area contributed by atoms with E-state index in [-0.39, 0.29) is 16.6 Å². The van der Waals surface area contributed by atoms with Crippen LogP contribution in [0.5, 0.6) is 0 Å². The lowest BCUT2D eigenvalue weighted by Gasteiger charge is -2.36. The van der Waals surface area contributed by atoms with Crippen molar-refractivity contribution in [2.24, 2.45) is 11.8 Å². The summed E-state index contributed by atoms with van der Waals surface area (Å²) in [5.74, 6) is 0.134. The molecule has 0 N–H and O–H groups in total. The Balaban J connectivity index is 1.60. The minimum Gasteiger partial charge on any atom is -0.417 e. The number of hydrogen-bond acceptors (Lipinski definition) is 3. The normalized spacial score (nSPS) is 15.9. The fraction of sp³-hybridized carbons (Fsp3) is 0.630. The maximum absolute atomic E-state index is 12.5. The van der Waals surface area contributed by atoms with Gasteiger partial charge >= 0.3 is 0 Å².